The van der Waals surface area contributed by atoms with Crippen LogP contribution in [0, 0.1) is 13.8 Å². The summed E-state index contributed by atoms with van der Waals surface area (Å²) in [6.07, 6.45) is 0.0911. The minimum atomic E-state index is -1.33. The van der Waals surface area contributed by atoms with Gasteiger partial charge >= 0.3 is 5.97 Å². The van der Waals surface area contributed by atoms with Crippen LogP contribution in [-0.4, -0.2) is 39.8 Å². The summed E-state index contributed by atoms with van der Waals surface area (Å²) in [4.78, 5) is 37.7. The number of carbonyl (C=O) groups excluding carboxylic acids is 3. The third-order valence-corrected chi connectivity index (χ3v) is 4.02. The number of amides is 1. The SMILES string of the molecule is CCC(=O)C(C(=O)Nc1cc(C)ccc1Cl)n1nc(C)c(C(=O)OC)n1. The molecule has 138 valence electrons. The number of benzene rings is 1. The van der Waals surface area contributed by atoms with Crippen LogP contribution in [0.5, 0.6) is 0 Å². The molecule has 0 saturated carbocycles. The Labute approximate surface area is 155 Å². The van der Waals surface area contributed by atoms with Crippen LogP contribution in [0.2, 0.25) is 5.02 Å². The number of hydrogen-bond acceptors (Lipinski definition) is 6. The van der Waals surface area contributed by atoms with Crippen LogP contribution in [0.4, 0.5) is 5.69 Å². The minimum absolute atomic E-state index is 0.0530. The lowest BCUT2D eigenvalue weighted by Crippen LogP contribution is -2.34. The van der Waals surface area contributed by atoms with E-state index >= 15 is 0 Å². The zero-order valence-electron chi connectivity index (χ0n) is 14.9. The van der Waals surface area contributed by atoms with Gasteiger partial charge in [0.15, 0.2) is 11.5 Å². The van der Waals surface area contributed by atoms with Crippen molar-refractivity contribution in [2.24, 2.45) is 0 Å². The number of anilines is 1. The van der Waals surface area contributed by atoms with E-state index in [4.69, 9.17) is 11.6 Å². The number of ether oxygens (including phenoxy) is 1. The van der Waals surface area contributed by atoms with Crippen molar-refractivity contribution in [3.05, 3.63) is 40.2 Å². The molecule has 8 nitrogen and oxygen atoms in total. The molecule has 26 heavy (non-hydrogen) atoms. The molecular formula is C17H19ClN4O4. The van der Waals surface area contributed by atoms with Gasteiger partial charge in [-0.3, -0.25) is 9.59 Å². The van der Waals surface area contributed by atoms with Crippen LogP contribution in [0.15, 0.2) is 18.2 Å². The van der Waals surface area contributed by atoms with Crippen molar-refractivity contribution in [3.63, 3.8) is 0 Å². The highest BCUT2D eigenvalue weighted by Gasteiger charge is 2.31. The number of hydrogen-bond donors (Lipinski definition) is 1. The van der Waals surface area contributed by atoms with Crippen molar-refractivity contribution in [1.29, 1.82) is 0 Å². The maximum atomic E-state index is 12.7. The molecule has 2 rings (SSSR count). The second-order valence-corrected chi connectivity index (χ2v) is 6.05. The quantitative estimate of drug-likeness (QED) is 0.611. The Morgan fingerprint density at radius 2 is 1.96 bits per heavy atom. The Hall–Kier alpha value is -2.74. The van der Waals surface area contributed by atoms with Crippen molar-refractivity contribution in [2.75, 3.05) is 12.4 Å². The smallest absolute Gasteiger partial charge is 0.360 e. The summed E-state index contributed by atoms with van der Waals surface area (Å²) in [5, 5.41) is 11.0. The summed E-state index contributed by atoms with van der Waals surface area (Å²) >= 11 is 6.10. The molecule has 0 bridgehead atoms. The van der Waals surface area contributed by atoms with Crippen LogP contribution in [0.1, 0.15) is 41.1 Å². The Bertz CT molecular complexity index is 862. The Kier molecular flexibility index (Phi) is 6.10. The molecule has 9 heteroatoms. The van der Waals surface area contributed by atoms with E-state index in [1.54, 1.807) is 32.0 Å². The molecule has 0 spiro atoms. The fourth-order valence-electron chi connectivity index (χ4n) is 2.31. The lowest BCUT2D eigenvalue weighted by Gasteiger charge is -2.15. The Balaban J connectivity index is 2.39. The number of halogens is 1. The predicted molar refractivity (Wildman–Crippen MR) is 95.3 cm³/mol. The molecule has 0 aliphatic rings. The van der Waals surface area contributed by atoms with Crippen LogP contribution >= 0.6 is 11.6 Å². The molecule has 2 aromatic rings. The molecule has 0 saturated heterocycles. The number of nitrogens with one attached hydrogen (secondary N) is 1. The summed E-state index contributed by atoms with van der Waals surface area (Å²) < 4.78 is 4.62. The highest BCUT2D eigenvalue weighted by molar-refractivity contribution is 6.33. The Morgan fingerprint density at radius 3 is 2.58 bits per heavy atom. The topological polar surface area (TPSA) is 103 Å². The number of esters is 1. The van der Waals surface area contributed by atoms with E-state index in [-0.39, 0.29) is 17.8 Å². The second-order valence-electron chi connectivity index (χ2n) is 5.64. The number of methoxy groups -OCH3 is 1. The van der Waals surface area contributed by atoms with Gasteiger partial charge in [0, 0.05) is 6.42 Å². The highest BCUT2D eigenvalue weighted by Crippen LogP contribution is 2.24. The van der Waals surface area contributed by atoms with Gasteiger partial charge in [0.25, 0.3) is 5.91 Å². The summed E-state index contributed by atoms with van der Waals surface area (Å²) in [5.74, 6) is -1.74. The van der Waals surface area contributed by atoms with E-state index in [0.717, 1.165) is 10.4 Å². The van der Waals surface area contributed by atoms with Crippen LogP contribution in [0.3, 0.4) is 0 Å². The molecule has 0 radical (unpaired) electrons. The third kappa shape index (κ3) is 4.08. The van der Waals surface area contributed by atoms with Crippen LogP contribution in [0.25, 0.3) is 0 Å². The number of aryl methyl sites for hydroxylation is 2. The van der Waals surface area contributed by atoms with Gasteiger partial charge in [-0.1, -0.05) is 24.6 Å². The first-order valence-electron chi connectivity index (χ1n) is 7.90. The summed E-state index contributed by atoms with van der Waals surface area (Å²) in [6.45, 7) is 5.01. The predicted octanol–water partition coefficient (Wildman–Crippen LogP) is 2.49. The van der Waals surface area contributed by atoms with Gasteiger partial charge < -0.3 is 10.1 Å². The van der Waals surface area contributed by atoms with Gasteiger partial charge in [-0.2, -0.15) is 9.90 Å². The van der Waals surface area contributed by atoms with Gasteiger partial charge in [-0.15, -0.1) is 5.10 Å². The standard InChI is InChI=1S/C17H19ClN4O4/c1-5-13(23)15(22-20-10(3)14(21-22)17(25)26-4)16(24)19-12-8-9(2)6-7-11(12)18/h6-8,15H,5H2,1-4H3,(H,19,24). The first-order chi connectivity index (χ1) is 12.3. The average molecular weight is 379 g/mol. The molecule has 0 aliphatic carbocycles. The lowest BCUT2D eigenvalue weighted by atomic mass is 10.1. The van der Waals surface area contributed by atoms with E-state index < -0.39 is 23.7 Å². The van der Waals surface area contributed by atoms with Crippen molar-refractivity contribution in [1.82, 2.24) is 15.0 Å². The molecule has 1 atom stereocenters. The third-order valence-electron chi connectivity index (χ3n) is 3.69. The van der Waals surface area contributed by atoms with E-state index in [1.807, 2.05) is 6.92 Å². The van der Waals surface area contributed by atoms with E-state index in [9.17, 15) is 14.4 Å². The van der Waals surface area contributed by atoms with Gasteiger partial charge in [0.1, 0.15) is 0 Å². The molecule has 1 heterocycles. The van der Waals surface area contributed by atoms with Crippen molar-refractivity contribution >= 4 is 34.9 Å². The fourth-order valence-corrected chi connectivity index (χ4v) is 2.47. The van der Waals surface area contributed by atoms with Crippen molar-refractivity contribution < 1.29 is 19.1 Å². The molecule has 1 amide bonds. The van der Waals surface area contributed by atoms with E-state index in [1.165, 1.54) is 7.11 Å². The molecule has 0 fully saturated rings. The molecule has 0 aliphatic heterocycles. The number of rotatable bonds is 6. The van der Waals surface area contributed by atoms with Crippen molar-refractivity contribution in [2.45, 2.75) is 33.2 Å². The number of nitrogens with zero attached hydrogens (tertiary/aromatic N) is 3. The van der Waals surface area contributed by atoms with Gasteiger partial charge in [0.2, 0.25) is 6.04 Å². The maximum Gasteiger partial charge on any atom is 0.360 e. The Morgan fingerprint density at radius 1 is 1.27 bits per heavy atom. The zero-order valence-corrected chi connectivity index (χ0v) is 15.6. The van der Waals surface area contributed by atoms with E-state index in [0.29, 0.717) is 10.7 Å². The summed E-state index contributed by atoms with van der Waals surface area (Å²) in [6, 6.07) is 3.81. The number of carbonyl (C=O) groups is 3. The minimum Gasteiger partial charge on any atom is -0.464 e. The molecule has 1 unspecified atom stereocenters. The monoisotopic (exact) mass is 378 g/mol. The first-order valence-corrected chi connectivity index (χ1v) is 8.27. The molecule has 1 aromatic carbocycles. The lowest BCUT2D eigenvalue weighted by molar-refractivity contribution is -0.130. The number of Topliss-reactive ketones (excluding diaryl/α,β-unsaturated/α-hetero) is 1. The summed E-state index contributed by atoms with van der Waals surface area (Å²) in [5.41, 5.74) is 1.47. The van der Waals surface area contributed by atoms with Gasteiger partial charge in [0.05, 0.1) is 23.5 Å². The highest BCUT2D eigenvalue weighted by atomic mass is 35.5. The van der Waals surface area contributed by atoms with Crippen LogP contribution in [-0.2, 0) is 14.3 Å². The van der Waals surface area contributed by atoms with Gasteiger partial charge in [-0.25, -0.2) is 4.79 Å². The van der Waals surface area contributed by atoms with Gasteiger partial charge in [-0.05, 0) is 31.5 Å². The van der Waals surface area contributed by atoms with E-state index in [2.05, 4.69) is 20.3 Å². The number of ketones is 1. The van der Waals surface area contributed by atoms with Crippen LogP contribution < -0.4 is 5.32 Å². The zero-order chi connectivity index (χ0) is 19.4. The van der Waals surface area contributed by atoms with Crippen molar-refractivity contribution in [3.8, 4) is 0 Å². The molecular weight excluding hydrogens is 360 g/mol. The number of aromatic nitrogens is 3. The molecule has 1 N–H and O–H groups in total. The average Bonchev–Trinajstić information content (AvgIpc) is 2.98. The normalized spacial score (nSPS) is 11.7. The first kappa shape index (κ1) is 19.6. The molecule has 1 aromatic heterocycles. The largest absolute Gasteiger partial charge is 0.464 e. The fraction of sp³-hybridized carbons (Fsp3) is 0.353. The second kappa shape index (κ2) is 8.09. The summed E-state index contributed by atoms with van der Waals surface area (Å²) in [7, 11) is 1.21. The maximum absolute atomic E-state index is 12.7.